The number of benzene rings is 1. The molecular weight excluding hydrogens is 350 g/mol. The SMILES string of the molecule is CC(=O)Nc1sc(C)c(C)c1C(=O)OCC(=O)c1ccc(C(C)C)cc1. The van der Waals surface area contributed by atoms with Gasteiger partial charge >= 0.3 is 5.97 Å². The Morgan fingerprint density at radius 1 is 1.12 bits per heavy atom. The van der Waals surface area contributed by atoms with E-state index in [4.69, 9.17) is 4.74 Å². The van der Waals surface area contributed by atoms with E-state index in [2.05, 4.69) is 19.2 Å². The van der Waals surface area contributed by atoms with Gasteiger partial charge in [-0.15, -0.1) is 11.3 Å². The highest BCUT2D eigenvalue weighted by Crippen LogP contribution is 2.33. The van der Waals surface area contributed by atoms with Crippen LogP contribution in [-0.4, -0.2) is 24.3 Å². The van der Waals surface area contributed by atoms with Crippen molar-refractivity contribution in [1.29, 1.82) is 0 Å². The fourth-order valence-corrected chi connectivity index (χ4v) is 3.56. The lowest BCUT2D eigenvalue weighted by Gasteiger charge is -2.08. The van der Waals surface area contributed by atoms with Crippen LogP contribution < -0.4 is 5.32 Å². The van der Waals surface area contributed by atoms with Crippen LogP contribution in [0.4, 0.5) is 5.00 Å². The molecule has 2 aromatic rings. The third-order valence-electron chi connectivity index (χ3n) is 4.11. The summed E-state index contributed by atoms with van der Waals surface area (Å²) in [6.07, 6.45) is 0. The second-order valence-corrected chi connectivity index (χ2v) is 7.67. The molecule has 2 rings (SSSR count). The number of ether oxygens (including phenoxy) is 1. The van der Waals surface area contributed by atoms with E-state index in [9.17, 15) is 14.4 Å². The smallest absolute Gasteiger partial charge is 0.341 e. The number of hydrogen-bond acceptors (Lipinski definition) is 5. The molecule has 0 aliphatic carbocycles. The summed E-state index contributed by atoms with van der Waals surface area (Å²) in [6.45, 7) is 8.86. The number of thiophene rings is 1. The lowest BCUT2D eigenvalue weighted by Crippen LogP contribution is -2.16. The van der Waals surface area contributed by atoms with Gasteiger partial charge in [0.25, 0.3) is 0 Å². The molecule has 1 N–H and O–H groups in total. The maximum Gasteiger partial charge on any atom is 0.341 e. The van der Waals surface area contributed by atoms with Crippen LogP contribution in [0.5, 0.6) is 0 Å². The van der Waals surface area contributed by atoms with Gasteiger partial charge in [-0.05, 0) is 30.9 Å². The molecule has 0 bridgehead atoms. The number of carbonyl (C=O) groups is 3. The summed E-state index contributed by atoms with van der Waals surface area (Å²) in [5.41, 5.74) is 2.70. The first kappa shape index (κ1) is 19.8. The zero-order valence-corrected chi connectivity index (χ0v) is 16.5. The van der Waals surface area contributed by atoms with Gasteiger partial charge in [0.15, 0.2) is 12.4 Å². The first-order chi connectivity index (χ1) is 12.2. The lowest BCUT2D eigenvalue weighted by atomic mass is 10.0. The highest BCUT2D eigenvalue weighted by Gasteiger charge is 2.22. The van der Waals surface area contributed by atoms with Gasteiger partial charge < -0.3 is 10.1 Å². The van der Waals surface area contributed by atoms with Crippen LogP contribution in [0.2, 0.25) is 0 Å². The average molecular weight is 373 g/mol. The molecule has 0 saturated heterocycles. The number of nitrogens with one attached hydrogen (secondary N) is 1. The molecule has 1 aromatic carbocycles. The molecule has 0 saturated carbocycles. The van der Waals surface area contributed by atoms with E-state index in [-0.39, 0.29) is 18.3 Å². The van der Waals surface area contributed by atoms with Crippen molar-refractivity contribution in [3.8, 4) is 0 Å². The number of hydrogen-bond donors (Lipinski definition) is 1. The highest BCUT2D eigenvalue weighted by atomic mass is 32.1. The molecule has 0 aliphatic rings. The van der Waals surface area contributed by atoms with Gasteiger partial charge in [-0.3, -0.25) is 9.59 Å². The predicted octanol–water partition coefficient (Wildman–Crippen LogP) is 4.49. The average Bonchev–Trinajstić information content (AvgIpc) is 2.85. The number of Topliss-reactive ketones (excluding diaryl/α,β-unsaturated/α-hetero) is 1. The van der Waals surface area contributed by atoms with Crippen molar-refractivity contribution in [2.24, 2.45) is 0 Å². The van der Waals surface area contributed by atoms with Crippen molar-refractivity contribution in [1.82, 2.24) is 0 Å². The van der Waals surface area contributed by atoms with Crippen LogP contribution in [0, 0.1) is 13.8 Å². The lowest BCUT2D eigenvalue weighted by molar-refractivity contribution is -0.114. The Labute approximate surface area is 157 Å². The predicted molar refractivity (Wildman–Crippen MR) is 103 cm³/mol. The largest absolute Gasteiger partial charge is 0.454 e. The zero-order chi connectivity index (χ0) is 19.4. The van der Waals surface area contributed by atoms with Gasteiger partial charge in [0.2, 0.25) is 5.91 Å². The molecule has 0 spiro atoms. The minimum Gasteiger partial charge on any atom is -0.454 e. The standard InChI is InChI=1S/C20H23NO4S/c1-11(2)15-6-8-16(9-7-15)17(23)10-25-20(24)18-12(3)13(4)26-19(18)21-14(5)22/h6-9,11H,10H2,1-5H3,(H,21,22). The Hall–Kier alpha value is -2.47. The van der Waals surface area contributed by atoms with Crippen molar-refractivity contribution in [3.05, 3.63) is 51.4 Å². The second kappa shape index (κ2) is 8.27. The highest BCUT2D eigenvalue weighted by molar-refractivity contribution is 7.16. The quantitative estimate of drug-likeness (QED) is 0.598. The summed E-state index contributed by atoms with van der Waals surface area (Å²) in [7, 11) is 0. The van der Waals surface area contributed by atoms with Gasteiger partial charge in [-0.1, -0.05) is 38.1 Å². The number of aryl methyl sites for hydroxylation is 1. The van der Waals surface area contributed by atoms with Crippen LogP contribution in [0.25, 0.3) is 0 Å². The Kier molecular flexibility index (Phi) is 6.32. The van der Waals surface area contributed by atoms with Crippen LogP contribution in [0.1, 0.15) is 63.4 Å². The number of carbonyl (C=O) groups excluding carboxylic acids is 3. The first-order valence-electron chi connectivity index (χ1n) is 8.38. The third-order valence-corrected chi connectivity index (χ3v) is 5.24. The monoisotopic (exact) mass is 373 g/mol. The fraction of sp³-hybridized carbons (Fsp3) is 0.350. The van der Waals surface area contributed by atoms with Crippen molar-refractivity contribution in [2.75, 3.05) is 11.9 Å². The molecule has 1 amide bonds. The van der Waals surface area contributed by atoms with E-state index in [1.165, 1.54) is 18.3 Å². The van der Waals surface area contributed by atoms with Crippen LogP contribution >= 0.6 is 11.3 Å². The van der Waals surface area contributed by atoms with Gasteiger partial charge in [-0.25, -0.2) is 4.79 Å². The van der Waals surface area contributed by atoms with Crippen LogP contribution in [0.15, 0.2) is 24.3 Å². The van der Waals surface area contributed by atoms with E-state index in [0.717, 1.165) is 16.0 Å². The van der Waals surface area contributed by atoms with Crippen molar-refractivity contribution >= 4 is 34.0 Å². The molecule has 0 unspecified atom stereocenters. The van der Waals surface area contributed by atoms with E-state index < -0.39 is 5.97 Å². The Morgan fingerprint density at radius 3 is 2.27 bits per heavy atom. The summed E-state index contributed by atoms with van der Waals surface area (Å²) < 4.78 is 5.21. The molecule has 26 heavy (non-hydrogen) atoms. The number of anilines is 1. The molecule has 138 valence electrons. The molecule has 0 fully saturated rings. The van der Waals surface area contributed by atoms with Crippen molar-refractivity contribution in [2.45, 2.75) is 40.5 Å². The van der Waals surface area contributed by atoms with E-state index >= 15 is 0 Å². The van der Waals surface area contributed by atoms with Gasteiger partial charge in [0.05, 0.1) is 5.56 Å². The van der Waals surface area contributed by atoms with E-state index in [1.807, 2.05) is 19.1 Å². The fourth-order valence-electron chi connectivity index (χ4n) is 2.46. The molecule has 0 aliphatic heterocycles. The van der Waals surface area contributed by atoms with Gasteiger partial charge in [-0.2, -0.15) is 0 Å². The number of esters is 1. The van der Waals surface area contributed by atoms with Gasteiger partial charge in [0, 0.05) is 17.4 Å². The Morgan fingerprint density at radius 2 is 1.73 bits per heavy atom. The van der Waals surface area contributed by atoms with Crippen molar-refractivity contribution in [3.63, 3.8) is 0 Å². The molecule has 1 aromatic heterocycles. The molecular formula is C20H23NO4S. The van der Waals surface area contributed by atoms with Crippen LogP contribution in [-0.2, 0) is 9.53 Å². The number of ketones is 1. The van der Waals surface area contributed by atoms with Gasteiger partial charge in [0.1, 0.15) is 5.00 Å². The van der Waals surface area contributed by atoms with E-state index in [0.29, 0.717) is 22.0 Å². The molecule has 0 atom stereocenters. The molecule has 0 radical (unpaired) electrons. The van der Waals surface area contributed by atoms with Crippen molar-refractivity contribution < 1.29 is 19.1 Å². The molecule has 6 heteroatoms. The Bertz CT molecular complexity index is 834. The summed E-state index contributed by atoms with van der Waals surface area (Å²) in [5.74, 6) is -0.752. The summed E-state index contributed by atoms with van der Waals surface area (Å²) in [5, 5.41) is 3.10. The second-order valence-electron chi connectivity index (χ2n) is 6.44. The number of amides is 1. The maximum absolute atomic E-state index is 12.4. The normalized spacial score (nSPS) is 10.7. The number of rotatable bonds is 6. The van der Waals surface area contributed by atoms with Crippen LogP contribution in [0.3, 0.4) is 0 Å². The van der Waals surface area contributed by atoms with E-state index in [1.54, 1.807) is 19.1 Å². The zero-order valence-electron chi connectivity index (χ0n) is 15.6. The maximum atomic E-state index is 12.4. The third kappa shape index (κ3) is 4.58. The minimum atomic E-state index is -0.609. The topological polar surface area (TPSA) is 72.5 Å². The molecule has 1 heterocycles. The summed E-state index contributed by atoms with van der Waals surface area (Å²) >= 11 is 1.31. The summed E-state index contributed by atoms with van der Waals surface area (Å²) in [6, 6.07) is 7.30. The minimum absolute atomic E-state index is 0.262. The summed E-state index contributed by atoms with van der Waals surface area (Å²) in [4.78, 5) is 36.9. The first-order valence-corrected chi connectivity index (χ1v) is 9.20. The molecule has 5 nitrogen and oxygen atoms in total. The Balaban J connectivity index is 2.08.